The van der Waals surface area contributed by atoms with Crippen molar-refractivity contribution in [3.05, 3.63) is 99.3 Å². The highest BCUT2D eigenvalue weighted by molar-refractivity contribution is 7.90. The first-order chi connectivity index (χ1) is 17.6. The maximum atomic E-state index is 13.8. The minimum atomic E-state index is -3.53. The second-order valence-corrected chi connectivity index (χ2v) is 11.1. The number of benzene rings is 2. The third-order valence-electron chi connectivity index (χ3n) is 6.12. The summed E-state index contributed by atoms with van der Waals surface area (Å²) in [7, 11) is -3.53. The third kappa shape index (κ3) is 4.38. The van der Waals surface area contributed by atoms with Crippen LogP contribution in [0.25, 0.3) is 22.1 Å². The number of nitrogens with zero attached hydrogens (tertiary/aromatic N) is 4. The molecule has 0 bridgehead atoms. The molecule has 0 aliphatic rings. The molecule has 0 saturated heterocycles. The lowest BCUT2D eigenvalue weighted by Gasteiger charge is -2.21. The van der Waals surface area contributed by atoms with E-state index in [4.69, 9.17) is 11.6 Å². The molecule has 0 spiro atoms. The number of hydrogen-bond acceptors (Lipinski definition) is 6. The van der Waals surface area contributed by atoms with Gasteiger partial charge in [-0.05, 0) is 55.6 Å². The molecule has 0 aliphatic heterocycles. The Balaban J connectivity index is 1.68. The van der Waals surface area contributed by atoms with Gasteiger partial charge in [-0.2, -0.15) is 5.10 Å². The highest BCUT2D eigenvalue weighted by atomic mass is 35.5. The van der Waals surface area contributed by atoms with Gasteiger partial charge in [0.15, 0.2) is 15.5 Å². The van der Waals surface area contributed by atoms with E-state index >= 15 is 0 Å². The van der Waals surface area contributed by atoms with E-state index in [1.54, 1.807) is 68.7 Å². The zero-order valence-electron chi connectivity index (χ0n) is 20.1. The van der Waals surface area contributed by atoms with Crippen LogP contribution in [0, 0.1) is 6.92 Å². The number of carbonyl (C=O) groups excluding carboxylic acids is 1. The summed E-state index contributed by atoms with van der Waals surface area (Å²) in [6.07, 6.45) is 4.38. The lowest BCUT2D eigenvalue weighted by Crippen LogP contribution is -2.32. The fourth-order valence-corrected chi connectivity index (χ4v) is 5.31. The van der Waals surface area contributed by atoms with Crippen molar-refractivity contribution in [3.63, 3.8) is 0 Å². The third-order valence-corrected chi connectivity index (χ3v) is 7.54. The standard InChI is InChI=1S/C26H22ClN5O4S/c1-15(29-25(33)22-16(2)30-31-12-6-11-28-24(22)31)21-13-17-7-4-10-20(27)23(17)26(34)32(21)18-8-5-9-19(14-18)37(3,35)36/h4-15H,1-3H3,(H,29,33)/t15-/m0/s1. The van der Waals surface area contributed by atoms with Crippen molar-refractivity contribution < 1.29 is 13.2 Å². The minimum Gasteiger partial charge on any atom is -0.344 e. The van der Waals surface area contributed by atoms with Crippen LogP contribution in [0.15, 0.2) is 76.7 Å². The van der Waals surface area contributed by atoms with Crippen LogP contribution in [0.1, 0.15) is 34.7 Å². The highest BCUT2D eigenvalue weighted by Crippen LogP contribution is 2.27. The van der Waals surface area contributed by atoms with Crippen molar-refractivity contribution in [2.75, 3.05) is 6.26 Å². The van der Waals surface area contributed by atoms with Crippen LogP contribution in [0.3, 0.4) is 0 Å². The monoisotopic (exact) mass is 535 g/mol. The summed E-state index contributed by atoms with van der Waals surface area (Å²) in [5.74, 6) is -0.409. The minimum absolute atomic E-state index is 0.0619. The smallest absolute Gasteiger partial charge is 0.264 e. The summed E-state index contributed by atoms with van der Waals surface area (Å²) < 4.78 is 27.4. The van der Waals surface area contributed by atoms with E-state index in [9.17, 15) is 18.0 Å². The van der Waals surface area contributed by atoms with Gasteiger partial charge in [0.25, 0.3) is 11.5 Å². The lowest BCUT2D eigenvalue weighted by molar-refractivity contribution is 0.0939. The van der Waals surface area contributed by atoms with Crippen LogP contribution in [0.5, 0.6) is 0 Å². The maximum Gasteiger partial charge on any atom is 0.264 e. The summed E-state index contributed by atoms with van der Waals surface area (Å²) >= 11 is 6.39. The van der Waals surface area contributed by atoms with Crippen LogP contribution in [-0.2, 0) is 9.84 Å². The lowest BCUT2D eigenvalue weighted by atomic mass is 10.1. The molecule has 3 heterocycles. The van der Waals surface area contributed by atoms with Crippen molar-refractivity contribution >= 4 is 43.8 Å². The zero-order chi connectivity index (χ0) is 26.5. The van der Waals surface area contributed by atoms with Gasteiger partial charge in [0.05, 0.1) is 32.7 Å². The van der Waals surface area contributed by atoms with Gasteiger partial charge in [-0.1, -0.05) is 29.8 Å². The van der Waals surface area contributed by atoms with E-state index in [1.165, 1.54) is 21.2 Å². The number of amides is 1. The van der Waals surface area contributed by atoms with E-state index in [2.05, 4.69) is 15.4 Å². The molecule has 0 radical (unpaired) electrons. The van der Waals surface area contributed by atoms with Gasteiger partial charge in [0, 0.05) is 24.3 Å². The van der Waals surface area contributed by atoms with E-state index in [-0.39, 0.29) is 9.92 Å². The van der Waals surface area contributed by atoms with Crippen LogP contribution in [0.4, 0.5) is 0 Å². The predicted molar refractivity (Wildman–Crippen MR) is 141 cm³/mol. The fraction of sp³-hybridized carbons (Fsp3) is 0.154. The first-order valence-corrected chi connectivity index (χ1v) is 13.6. The largest absolute Gasteiger partial charge is 0.344 e. The van der Waals surface area contributed by atoms with Crippen molar-refractivity contribution in [2.24, 2.45) is 0 Å². The van der Waals surface area contributed by atoms with Crippen molar-refractivity contribution in [2.45, 2.75) is 24.8 Å². The van der Waals surface area contributed by atoms with Crippen LogP contribution in [0.2, 0.25) is 5.02 Å². The summed E-state index contributed by atoms with van der Waals surface area (Å²) in [6, 6.07) is 14.0. The number of nitrogens with one attached hydrogen (secondary N) is 1. The van der Waals surface area contributed by atoms with Gasteiger partial charge in [0.1, 0.15) is 5.56 Å². The Morgan fingerprint density at radius 1 is 1.11 bits per heavy atom. The molecule has 9 nitrogen and oxygen atoms in total. The number of hydrogen-bond donors (Lipinski definition) is 1. The quantitative estimate of drug-likeness (QED) is 0.365. The number of fused-ring (bicyclic) bond motifs is 2. The van der Waals surface area contributed by atoms with Gasteiger partial charge in [-0.15, -0.1) is 0 Å². The Hall–Kier alpha value is -4.02. The van der Waals surface area contributed by atoms with Crippen molar-refractivity contribution in [1.82, 2.24) is 24.5 Å². The SMILES string of the molecule is Cc1nn2cccnc2c1C(=O)N[C@@H](C)c1cc2cccc(Cl)c2c(=O)n1-c1cccc(S(C)(=O)=O)c1. The first-order valence-electron chi connectivity index (χ1n) is 11.3. The summed E-state index contributed by atoms with van der Waals surface area (Å²) in [4.78, 5) is 31.5. The number of sulfone groups is 1. The van der Waals surface area contributed by atoms with Crippen molar-refractivity contribution in [3.8, 4) is 5.69 Å². The van der Waals surface area contributed by atoms with E-state index in [1.807, 2.05) is 0 Å². The number of aromatic nitrogens is 4. The zero-order valence-corrected chi connectivity index (χ0v) is 21.7. The number of rotatable bonds is 5. The molecule has 3 aromatic heterocycles. The normalized spacial score (nSPS) is 12.6. The topological polar surface area (TPSA) is 115 Å². The molecule has 5 aromatic rings. The molecular weight excluding hydrogens is 514 g/mol. The predicted octanol–water partition coefficient (Wildman–Crippen LogP) is 3.89. The number of carbonyl (C=O) groups is 1. The van der Waals surface area contributed by atoms with Gasteiger partial charge >= 0.3 is 0 Å². The average Bonchev–Trinajstić information content (AvgIpc) is 3.19. The molecule has 37 heavy (non-hydrogen) atoms. The first kappa shape index (κ1) is 24.7. The number of aryl methyl sites for hydroxylation is 1. The molecule has 188 valence electrons. The molecule has 0 saturated carbocycles. The summed E-state index contributed by atoms with van der Waals surface area (Å²) in [5.41, 5.74) is 1.59. The Kier molecular flexibility index (Phi) is 6.09. The van der Waals surface area contributed by atoms with Crippen LogP contribution < -0.4 is 10.9 Å². The molecule has 11 heteroatoms. The van der Waals surface area contributed by atoms with Gasteiger partial charge in [0.2, 0.25) is 0 Å². The molecule has 1 amide bonds. The fourth-order valence-electron chi connectivity index (χ4n) is 4.38. The van der Waals surface area contributed by atoms with Gasteiger partial charge in [-0.25, -0.2) is 17.9 Å². The molecule has 1 N–H and O–H groups in total. The highest BCUT2D eigenvalue weighted by Gasteiger charge is 2.23. The Bertz CT molecular complexity index is 1880. The molecule has 0 unspecified atom stereocenters. The van der Waals surface area contributed by atoms with Crippen molar-refractivity contribution in [1.29, 1.82) is 0 Å². The Morgan fingerprint density at radius 3 is 2.62 bits per heavy atom. The summed E-state index contributed by atoms with van der Waals surface area (Å²) in [5, 5.41) is 8.45. The molecule has 0 fully saturated rings. The molecule has 0 aliphatic carbocycles. The number of pyridine rings is 1. The van der Waals surface area contributed by atoms with Gasteiger partial charge in [-0.3, -0.25) is 14.2 Å². The summed E-state index contributed by atoms with van der Waals surface area (Å²) in [6.45, 7) is 3.47. The Morgan fingerprint density at radius 2 is 1.86 bits per heavy atom. The molecule has 1 atom stereocenters. The van der Waals surface area contributed by atoms with Crippen LogP contribution in [-0.4, -0.2) is 39.7 Å². The van der Waals surface area contributed by atoms with E-state index in [0.717, 1.165) is 6.26 Å². The van der Waals surface area contributed by atoms with Gasteiger partial charge < -0.3 is 5.32 Å². The maximum absolute atomic E-state index is 13.8. The molecule has 5 rings (SSSR count). The van der Waals surface area contributed by atoms with E-state index in [0.29, 0.717) is 39.1 Å². The Labute approximate surface area is 217 Å². The second kappa shape index (κ2) is 9.13. The van der Waals surface area contributed by atoms with Crippen LogP contribution >= 0.6 is 11.6 Å². The van der Waals surface area contributed by atoms with E-state index < -0.39 is 27.3 Å². The molecule has 2 aromatic carbocycles. The second-order valence-electron chi connectivity index (χ2n) is 8.73. The number of halogens is 1. The average molecular weight is 536 g/mol. The molecular formula is C26H22ClN5O4S.